The number of benzene rings is 1. The minimum absolute atomic E-state index is 0.288. The van der Waals surface area contributed by atoms with Gasteiger partial charge in [0.15, 0.2) is 0 Å². The summed E-state index contributed by atoms with van der Waals surface area (Å²) < 4.78 is 1.03. The molecule has 2 aromatic rings. The summed E-state index contributed by atoms with van der Waals surface area (Å²) in [6.45, 7) is 9.74. The molecule has 0 spiro atoms. The number of rotatable bonds is 4. The fourth-order valence-electron chi connectivity index (χ4n) is 5.23. The van der Waals surface area contributed by atoms with Crippen LogP contribution in [0.4, 0.5) is 0 Å². The number of piperidine rings is 3. The first-order valence-corrected chi connectivity index (χ1v) is 9.18. The van der Waals surface area contributed by atoms with Crippen molar-refractivity contribution >= 4 is 10.9 Å². The number of nitrogens with zero attached hydrogens (tertiary/aromatic N) is 2. The molecule has 3 aliphatic rings. The lowest BCUT2D eigenvalue weighted by Gasteiger charge is -2.57. The van der Waals surface area contributed by atoms with Crippen molar-refractivity contribution in [3.63, 3.8) is 0 Å². The summed E-state index contributed by atoms with van der Waals surface area (Å²) in [4.78, 5) is 4.45. The molecule has 0 amide bonds. The van der Waals surface area contributed by atoms with Crippen LogP contribution in [0, 0.1) is 11.8 Å². The van der Waals surface area contributed by atoms with E-state index in [1.807, 2.05) is 30.5 Å². The highest BCUT2D eigenvalue weighted by Gasteiger charge is 2.53. The first-order valence-electron chi connectivity index (χ1n) is 9.18. The summed E-state index contributed by atoms with van der Waals surface area (Å²) in [5.41, 5.74) is 2.01. The highest BCUT2D eigenvalue weighted by molar-refractivity contribution is 5.82. The SMILES string of the molecule is C=CC1C[N@+]2(CC)CCC1C[C@@H]2[C@@H](O)c1ccnc2ccccc12. The number of aliphatic hydroxyl groups excluding tert-OH is 1. The third kappa shape index (κ3) is 2.30. The Labute approximate surface area is 144 Å². The number of aromatic nitrogens is 1. The summed E-state index contributed by atoms with van der Waals surface area (Å²) in [6.07, 6.45) is 5.93. The maximum atomic E-state index is 11.4. The van der Waals surface area contributed by atoms with Crippen LogP contribution in [0.1, 0.15) is 31.4 Å². The molecule has 0 saturated carbocycles. The molecule has 3 nitrogen and oxygen atoms in total. The smallest absolute Gasteiger partial charge is 0.131 e. The number of hydrogen-bond acceptors (Lipinski definition) is 2. The van der Waals surface area contributed by atoms with Crippen LogP contribution >= 0.6 is 0 Å². The van der Waals surface area contributed by atoms with Crippen molar-refractivity contribution in [3.05, 3.63) is 54.7 Å². The van der Waals surface area contributed by atoms with E-state index in [1.165, 1.54) is 13.0 Å². The van der Waals surface area contributed by atoms with Crippen molar-refractivity contribution in [2.75, 3.05) is 19.6 Å². The predicted molar refractivity (Wildman–Crippen MR) is 97.4 cm³/mol. The zero-order valence-electron chi connectivity index (χ0n) is 14.4. The molecule has 2 bridgehead atoms. The van der Waals surface area contributed by atoms with Gasteiger partial charge in [-0.3, -0.25) is 4.98 Å². The van der Waals surface area contributed by atoms with Crippen molar-refractivity contribution < 1.29 is 9.59 Å². The van der Waals surface area contributed by atoms with Gasteiger partial charge in [0.1, 0.15) is 12.1 Å². The summed E-state index contributed by atoms with van der Waals surface area (Å²) in [6, 6.07) is 10.4. The van der Waals surface area contributed by atoms with Crippen molar-refractivity contribution in [2.45, 2.75) is 31.9 Å². The van der Waals surface area contributed by atoms with Crippen LogP contribution in [-0.4, -0.2) is 40.2 Å². The topological polar surface area (TPSA) is 33.1 Å². The van der Waals surface area contributed by atoms with Crippen LogP contribution in [0.2, 0.25) is 0 Å². The Hall–Kier alpha value is -1.71. The lowest BCUT2D eigenvalue weighted by atomic mass is 9.71. The zero-order valence-corrected chi connectivity index (χ0v) is 14.4. The second-order valence-corrected chi connectivity index (χ2v) is 7.55. The maximum Gasteiger partial charge on any atom is 0.131 e. The van der Waals surface area contributed by atoms with Gasteiger partial charge in [-0.05, 0) is 30.5 Å². The van der Waals surface area contributed by atoms with E-state index < -0.39 is 6.10 Å². The summed E-state index contributed by atoms with van der Waals surface area (Å²) >= 11 is 0. The third-order valence-corrected chi connectivity index (χ3v) is 6.67. The highest BCUT2D eigenvalue weighted by atomic mass is 16.3. The molecular formula is C21H27N2O+. The zero-order chi connectivity index (χ0) is 16.7. The molecule has 3 fully saturated rings. The Bertz CT molecular complexity index is 753. The van der Waals surface area contributed by atoms with Crippen molar-refractivity contribution in [1.82, 2.24) is 4.98 Å². The molecular weight excluding hydrogens is 296 g/mol. The van der Waals surface area contributed by atoms with Gasteiger partial charge >= 0.3 is 0 Å². The van der Waals surface area contributed by atoms with Gasteiger partial charge in [0.25, 0.3) is 0 Å². The molecule has 126 valence electrons. The first-order chi connectivity index (χ1) is 11.7. The molecule has 1 aromatic carbocycles. The summed E-state index contributed by atoms with van der Waals surface area (Å²) in [5.74, 6) is 1.29. The van der Waals surface area contributed by atoms with E-state index in [2.05, 4.69) is 30.6 Å². The molecule has 0 radical (unpaired) electrons. The van der Waals surface area contributed by atoms with E-state index in [4.69, 9.17) is 0 Å². The number of likely N-dealkylation sites (N-methyl/N-ethyl adjacent to an activating group) is 1. The predicted octanol–water partition coefficient (Wildman–Crippen LogP) is 3.70. The minimum atomic E-state index is -0.425. The number of fused-ring (bicyclic) bond motifs is 4. The quantitative estimate of drug-likeness (QED) is 0.687. The first kappa shape index (κ1) is 15.8. The van der Waals surface area contributed by atoms with Gasteiger partial charge in [0.05, 0.1) is 25.2 Å². The number of pyridine rings is 1. The van der Waals surface area contributed by atoms with Crippen LogP contribution in [0.3, 0.4) is 0 Å². The largest absolute Gasteiger partial charge is 0.382 e. The molecule has 4 heterocycles. The number of aliphatic hydroxyl groups is 1. The summed E-state index contributed by atoms with van der Waals surface area (Å²) in [5, 5.41) is 12.4. The van der Waals surface area contributed by atoms with Gasteiger partial charge in [-0.1, -0.05) is 24.3 Å². The minimum Gasteiger partial charge on any atom is -0.382 e. The number of quaternary nitrogens is 1. The Morgan fingerprint density at radius 2 is 2.21 bits per heavy atom. The van der Waals surface area contributed by atoms with Crippen molar-refractivity contribution in [3.8, 4) is 0 Å². The normalized spacial score (nSPS) is 33.5. The number of hydrogen-bond donors (Lipinski definition) is 1. The van der Waals surface area contributed by atoms with Crippen LogP contribution in [-0.2, 0) is 0 Å². The fourth-order valence-corrected chi connectivity index (χ4v) is 5.23. The van der Waals surface area contributed by atoms with Gasteiger partial charge in [0.2, 0.25) is 0 Å². The Morgan fingerprint density at radius 3 is 3.00 bits per heavy atom. The van der Waals surface area contributed by atoms with Gasteiger partial charge in [-0.25, -0.2) is 0 Å². The lowest BCUT2D eigenvalue weighted by molar-refractivity contribution is -0.971. The van der Waals surface area contributed by atoms with Crippen molar-refractivity contribution in [2.24, 2.45) is 11.8 Å². The van der Waals surface area contributed by atoms with E-state index in [1.54, 1.807) is 0 Å². The van der Waals surface area contributed by atoms with Crippen LogP contribution < -0.4 is 0 Å². The van der Waals surface area contributed by atoms with Crippen molar-refractivity contribution in [1.29, 1.82) is 0 Å². The molecule has 5 atom stereocenters. The molecule has 1 aromatic heterocycles. The average molecular weight is 323 g/mol. The molecule has 0 aliphatic carbocycles. The molecule has 1 N–H and O–H groups in total. The lowest BCUT2D eigenvalue weighted by Crippen LogP contribution is -2.68. The summed E-state index contributed by atoms with van der Waals surface area (Å²) in [7, 11) is 0. The van der Waals surface area contributed by atoms with Gasteiger partial charge in [-0.2, -0.15) is 0 Å². The van der Waals surface area contributed by atoms with E-state index in [0.717, 1.165) is 40.5 Å². The Balaban J connectivity index is 1.74. The Morgan fingerprint density at radius 1 is 1.38 bits per heavy atom. The van der Waals surface area contributed by atoms with Gasteiger partial charge in [-0.15, -0.1) is 6.58 Å². The van der Waals surface area contributed by atoms with E-state index in [-0.39, 0.29) is 6.04 Å². The van der Waals surface area contributed by atoms with Crippen LogP contribution in [0.25, 0.3) is 10.9 Å². The average Bonchev–Trinajstić information content (AvgIpc) is 2.67. The molecule has 2 unspecified atom stereocenters. The van der Waals surface area contributed by atoms with Gasteiger partial charge in [0, 0.05) is 30.3 Å². The van der Waals surface area contributed by atoms with E-state index >= 15 is 0 Å². The second kappa shape index (κ2) is 5.98. The second-order valence-electron chi connectivity index (χ2n) is 7.55. The van der Waals surface area contributed by atoms with Gasteiger partial charge < -0.3 is 9.59 Å². The standard InChI is InChI=1S/C21H27N2O/c1-3-15-14-23(4-2)12-10-16(15)13-20(23)21(24)18-9-11-22-19-8-6-5-7-17(18)19/h3,5-9,11,15-16,20-21,24H,1,4,10,12-14H2,2H3/q+1/t15?,16?,20-,21+,23+/m1/s1. The highest BCUT2D eigenvalue weighted by Crippen LogP contribution is 2.46. The molecule has 24 heavy (non-hydrogen) atoms. The third-order valence-electron chi connectivity index (χ3n) is 6.67. The monoisotopic (exact) mass is 323 g/mol. The molecule has 3 aliphatic heterocycles. The van der Waals surface area contributed by atoms with Crippen LogP contribution in [0.5, 0.6) is 0 Å². The van der Waals surface area contributed by atoms with E-state index in [0.29, 0.717) is 11.8 Å². The fraction of sp³-hybridized carbons (Fsp3) is 0.476. The van der Waals surface area contributed by atoms with Crippen LogP contribution in [0.15, 0.2) is 49.2 Å². The maximum absolute atomic E-state index is 11.4. The number of para-hydroxylation sites is 1. The van der Waals surface area contributed by atoms with E-state index in [9.17, 15) is 5.11 Å². The molecule has 5 rings (SSSR count). The Kier molecular flexibility index (Phi) is 3.93. The molecule has 3 heteroatoms. The molecule has 3 saturated heterocycles.